The average Bonchev–Trinajstić information content (AvgIpc) is 2.10. The molecule has 1 nitrogen and oxygen atoms in total. The third-order valence-corrected chi connectivity index (χ3v) is 0.907. The Labute approximate surface area is 98.2 Å². The fraction of sp³-hybridized carbons (Fsp3) is 0.750. The van der Waals surface area contributed by atoms with Gasteiger partial charge in [0.2, 0.25) is 0 Å². The van der Waals surface area contributed by atoms with E-state index < -0.39 is 0 Å². The van der Waals surface area contributed by atoms with Crippen LogP contribution in [0.2, 0.25) is 0 Å². The lowest BCUT2D eigenvalue weighted by molar-refractivity contribution is 0.820. The van der Waals surface area contributed by atoms with Gasteiger partial charge in [-0.1, -0.05) is 47.6 Å². The lowest BCUT2D eigenvalue weighted by Gasteiger charge is -1.94. The first-order valence-corrected chi connectivity index (χ1v) is 5.34. The van der Waals surface area contributed by atoms with Crippen LogP contribution >= 0.6 is 13.5 Å². The average molecular weight is 219 g/mol. The lowest BCUT2D eigenvalue weighted by Crippen LogP contribution is -1.80. The summed E-state index contributed by atoms with van der Waals surface area (Å²) in [6.07, 6.45) is 3.95. The van der Waals surface area contributed by atoms with Gasteiger partial charge in [0.25, 0.3) is 0 Å². The van der Waals surface area contributed by atoms with E-state index >= 15 is 0 Å². The molecule has 0 aromatic carbocycles. The summed E-state index contributed by atoms with van der Waals surface area (Å²) in [5.74, 6) is 0.605. The largest absolute Gasteiger partial charge is 0.267 e. The van der Waals surface area contributed by atoms with Crippen molar-refractivity contribution in [2.45, 2.75) is 55.4 Å². The summed E-state index contributed by atoms with van der Waals surface area (Å²) >= 11 is 0. The highest BCUT2D eigenvalue weighted by Crippen LogP contribution is 2.01. The second-order valence-corrected chi connectivity index (χ2v) is 2.44. The molecule has 0 radical (unpaired) electrons. The van der Waals surface area contributed by atoms with Gasteiger partial charge >= 0.3 is 0 Å². The van der Waals surface area contributed by atoms with Crippen molar-refractivity contribution in [1.29, 1.82) is 0 Å². The fourth-order valence-electron chi connectivity index (χ4n) is 0.729. The molecule has 0 atom stereocenters. The van der Waals surface area contributed by atoms with Crippen LogP contribution in [0.4, 0.5) is 0 Å². The molecule has 88 valence electrons. The van der Waals surface area contributed by atoms with Crippen LogP contribution in [0.1, 0.15) is 55.4 Å². The number of allylic oxidation sites excluding steroid dienone is 2. The molecule has 0 saturated heterocycles. The molecule has 0 aromatic rings. The Morgan fingerprint density at radius 2 is 1.43 bits per heavy atom. The molecule has 0 N–H and O–H groups in total. The van der Waals surface area contributed by atoms with Crippen molar-refractivity contribution >= 4 is 19.7 Å². The molecule has 0 aliphatic rings. The van der Waals surface area contributed by atoms with Crippen molar-refractivity contribution in [2.24, 2.45) is 10.9 Å². The van der Waals surface area contributed by atoms with Gasteiger partial charge in [-0.15, -0.1) is 0 Å². The summed E-state index contributed by atoms with van der Waals surface area (Å²) in [5.41, 5.74) is 1.10. The van der Waals surface area contributed by atoms with E-state index in [9.17, 15) is 0 Å². The van der Waals surface area contributed by atoms with Crippen LogP contribution in [0.25, 0.3) is 0 Å². The van der Waals surface area contributed by atoms with E-state index in [1.807, 2.05) is 47.8 Å². The summed E-state index contributed by atoms with van der Waals surface area (Å²) in [5, 5.41) is 0. The number of nitrogens with zero attached hydrogens (tertiary/aromatic N) is 1. The first-order valence-electron chi connectivity index (χ1n) is 5.34. The Morgan fingerprint density at radius 1 is 1.07 bits per heavy atom. The molecule has 0 aliphatic heterocycles. The first-order chi connectivity index (χ1) is 6.16. The summed E-state index contributed by atoms with van der Waals surface area (Å²) in [6.45, 7) is 16.2. The van der Waals surface area contributed by atoms with E-state index in [4.69, 9.17) is 0 Å². The Morgan fingerprint density at radius 3 is 1.64 bits per heavy atom. The molecular formula is C12H29NS. The SMILES string of the molecule is CC.CC.CC=N/C(C)=C\C(C)C.S. The van der Waals surface area contributed by atoms with Gasteiger partial charge in [0.05, 0.1) is 0 Å². The number of aliphatic imine (C=N–C) groups is 1. The molecule has 0 rings (SSSR count). The highest BCUT2D eigenvalue weighted by Gasteiger charge is 1.85. The Balaban J connectivity index is -0.0000000883. The van der Waals surface area contributed by atoms with E-state index in [0.29, 0.717) is 5.92 Å². The van der Waals surface area contributed by atoms with Gasteiger partial charge in [-0.25, -0.2) is 0 Å². The van der Waals surface area contributed by atoms with Crippen molar-refractivity contribution < 1.29 is 0 Å². The standard InChI is InChI=1S/C8H15N.2C2H6.H2S/c1-5-9-8(4)6-7(2)3;2*1-2;/h5-7H,1-4H3;2*1-2H3;1H2/b8-6-,9-5?;;;. The molecule has 0 saturated carbocycles. The molecule has 0 aliphatic carbocycles. The van der Waals surface area contributed by atoms with Crippen molar-refractivity contribution in [3.63, 3.8) is 0 Å². The monoisotopic (exact) mass is 219 g/mol. The van der Waals surface area contributed by atoms with Gasteiger partial charge in [-0.2, -0.15) is 13.5 Å². The van der Waals surface area contributed by atoms with Gasteiger partial charge in [-0.05, 0) is 19.8 Å². The third-order valence-electron chi connectivity index (χ3n) is 0.907. The summed E-state index contributed by atoms with van der Waals surface area (Å²) in [7, 11) is 0. The zero-order valence-electron chi connectivity index (χ0n) is 11.2. The molecule has 0 bridgehead atoms. The fourth-order valence-corrected chi connectivity index (χ4v) is 0.729. The first kappa shape index (κ1) is 23.5. The predicted octanol–water partition coefficient (Wildman–Crippen LogP) is 4.80. The minimum Gasteiger partial charge on any atom is -0.267 e. The topological polar surface area (TPSA) is 12.4 Å². The molecule has 0 spiro atoms. The lowest BCUT2D eigenvalue weighted by atomic mass is 10.2. The normalized spacial score (nSPS) is 9.64. The molecule has 0 amide bonds. The van der Waals surface area contributed by atoms with E-state index in [0.717, 1.165) is 5.70 Å². The van der Waals surface area contributed by atoms with Gasteiger partial charge in [0.1, 0.15) is 0 Å². The van der Waals surface area contributed by atoms with Gasteiger partial charge in [0.15, 0.2) is 0 Å². The van der Waals surface area contributed by atoms with E-state index in [-0.39, 0.29) is 13.5 Å². The summed E-state index contributed by atoms with van der Waals surface area (Å²) in [6, 6.07) is 0. The van der Waals surface area contributed by atoms with Crippen LogP contribution in [0.5, 0.6) is 0 Å². The number of hydrogen-bond donors (Lipinski definition) is 0. The highest BCUT2D eigenvalue weighted by molar-refractivity contribution is 7.59. The summed E-state index contributed by atoms with van der Waals surface area (Å²) < 4.78 is 0. The van der Waals surface area contributed by atoms with Crippen LogP contribution < -0.4 is 0 Å². The number of hydrogen-bond acceptors (Lipinski definition) is 1. The van der Waals surface area contributed by atoms with Crippen LogP contribution in [0.3, 0.4) is 0 Å². The maximum Gasteiger partial charge on any atom is 0.0331 e. The smallest absolute Gasteiger partial charge is 0.0331 e. The second-order valence-electron chi connectivity index (χ2n) is 2.44. The zero-order chi connectivity index (χ0) is 11.3. The minimum atomic E-state index is 0. The molecule has 0 aromatic heterocycles. The molecule has 0 unspecified atom stereocenters. The minimum absolute atomic E-state index is 0. The summed E-state index contributed by atoms with van der Waals surface area (Å²) in [4.78, 5) is 4.10. The van der Waals surface area contributed by atoms with Crippen molar-refractivity contribution in [3.8, 4) is 0 Å². The van der Waals surface area contributed by atoms with Gasteiger partial charge in [-0.3, -0.25) is 4.99 Å². The van der Waals surface area contributed by atoms with Gasteiger partial charge < -0.3 is 0 Å². The maximum absolute atomic E-state index is 4.10. The molecule has 0 fully saturated rings. The van der Waals surface area contributed by atoms with Crippen LogP contribution in [0.15, 0.2) is 16.8 Å². The molecular weight excluding hydrogens is 190 g/mol. The van der Waals surface area contributed by atoms with E-state index in [1.54, 1.807) is 0 Å². The van der Waals surface area contributed by atoms with Gasteiger partial charge in [0, 0.05) is 11.9 Å². The zero-order valence-corrected chi connectivity index (χ0v) is 12.2. The van der Waals surface area contributed by atoms with Crippen LogP contribution in [0, 0.1) is 5.92 Å². The Kier molecular flexibility index (Phi) is 38.6. The van der Waals surface area contributed by atoms with Crippen molar-refractivity contribution in [3.05, 3.63) is 11.8 Å². The van der Waals surface area contributed by atoms with Crippen molar-refractivity contribution in [1.82, 2.24) is 0 Å². The third kappa shape index (κ3) is 29.8. The highest BCUT2D eigenvalue weighted by atomic mass is 32.1. The van der Waals surface area contributed by atoms with E-state index in [1.165, 1.54) is 0 Å². The maximum atomic E-state index is 4.10. The number of rotatable bonds is 2. The Bertz CT molecular complexity index is 126. The molecule has 14 heavy (non-hydrogen) atoms. The van der Waals surface area contributed by atoms with Crippen LogP contribution in [-0.2, 0) is 0 Å². The quantitative estimate of drug-likeness (QED) is 0.591. The van der Waals surface area contributed by atoms with Crippen LogP contribution in [-0.4, -0.2) is 6.21 Å². The van der Waals surface area contributed by atoms with Crippen molar-refractivity contribution in [2.75, 3.05) is 0 Å². The molecule has 2 heteroatoms. The second kappa shape index (κ2) is 23.0. The van der Waals surface area contributed by atoms with E-state index in [2.05, 4.69) is 24.9 Å². The predicted molar refractivity (Wildman–Crippen MR) is 75.8 cm³/mol. The Hall–Kier alpha value is -0.240. The molecule has 0 heterocycles.